The molecule has 0 unspecified atom stereocenters. The number of hydrogen-bond donors (Lipinski definition) is 2. The fourth-order valence-corrected chi connectivity index (χ4v) is 5.57. The number of guanidine groups is 1. The van der Waals surface area contributed by atoms with Crippen LogP contribution in [0.5, 0.6) is 5.75 Å². The van der Waals surface area contributed by atoms with E-state index in [1.54, 1.807) is 71.9 Å². The van der Waals surface area contributed by atoms with Crippen molar-refractivity contribution in [3.8, 4) is 5.75 Å². The molecule has 0 saturated carbocycles. The first-order valence-electron chi connectivity index (χ1n) is 17.4. The molecule has 0 aromatic heterocycles. The van der Waals surface area contributed by atoms with E-state index in [0.717, 1.165) is 5.56 Å². The van der Waals surface area contributed by atoms with Gasteiger partial charge in [-0.3, -0.25) is 15.4 Å². The van der Waals surface area contributed by atoms with Crippen LogP contribution in [0.1, 0.15) is 75.0 Å². The molecule has 4 aromatic carbocycles. The van der Waals surface area contributed by atoms with Crippen molar-refractivity contribution in [1.29, 1.82) is 0 Å². The molecular weight excluding hydrogens is 713 g/mol. The van der Waals surface area contributed by atoms with E-state index in [-0.39, 0.29) is 58.3 Å². The van der Waals surface area contributed by atoms with Gasteiger partial charge < -0.3 is 14.2 Å². The second kappa shape index (κ2) is 18.5. The minimum atomic E-state index is -0.849. The summed E-state index contributed by atoms with van der Waals surface area (Å²) in [4.78, 5) is 55.4. The summed E-state index contributed by atoms with van der Waals surface area (Å²) in [6, 6.07) is 27.0. The van der Waals surface area contributed by atoms with Gasteiger partial charge in [0.15, 0.2) is 0 Å². The van der Waals surface area contributed by atoms with Crippen LogP contribution in [0, 0.1) is 11.7 Å². The number of ketones is 1. The summed E-state index contributed by atoms with van der Waals surface area (Å²) < 4.78 is 30.6. The second-order valence-electron chi connectivity index (χ2n) is 14.7. The van der Waals surface area contributed by atoms with Gasteiger partial charge in [-0.05, 0) is 119 Å². The van der Waals surface area contributed by atoms with Crippen molar-refractivity contribution in [2.45, 2.75) is 78.4 Å². The molecular formula is C42H45ClFN3O7. The highest BCUT2D eigenvalue weighted by Gasteiger charge is 2.22. The van der Waals surface area contributed by atoms with E-state index >= 15 is 0 Å². The van der Waals surface area contributed by atoms with Crippen LogP contribution in [-0.4, -0.2) is 41.1 Å². The largest absolute Gasteiger partial charge is 0.444 e. The molecule has 0 aliphatic heterocycles. The van der Waals surface area contributed by atoms with Gasteiger partial charge in [-0.25, -0.2) is 23.8 Å². The number of benzene rings is 4. The third kappa shape index (κ3) is 14.1. The number of alkyl carbamates (subject to hydrolysis) is 2. The third-order valence-electron chi connectivity index (χ3n) is 7.56. The molecule has 0 bridgehead atoms. The van der Waals surface area contributed by atoms with Gasteiger partial charge in [-0.2, -0.15) is 0 Å². The number of carbonyl (C=O) groups is 4. The normalized spacial score (nSPS) is 11.9. The highest BCUT2D eigenvalue weighted by Crippen LogP contribution is 2.27. The van der Waals surface area contributed by atoms with E-state index in [1.165, 1.54) is 36.4 Å². The topological polar surface area (TPSA) is 132 Å². The molecule has 284 valence electrons. The Morgan fingerprint density at radius 3 is 1.91 bits per heavy atom. The smallest absolute Gasteiger partial charge is 0.414 e. The van der Waals surface area contributed by atoms with Gasteiger partial charge in [0, 0.05) is 17.9 Å². The predicted molar refractivity (Wildman–Crippen MR) is 206 cm³/mol. The summed E-state index contributed by atoms with van der Waals surface area (Å²) in [6.07, 6.45) is -0.380. The molecule has 1 atom stereocenters. The fraction of sp³-hybridized carbons (Fsp3) is 0.310. The molecule has 0 heterocycles. The number of carbonyl (C=O) groups excluding carboxylic acids is 4. The van der Waals surface area contributed by atoms with Crippen LogP contribution in [0.3, 0.4) is 0 Å². The van der Waals surface area contributed by atoms with E-state index in [1.807, 2.05) is 30.3 Å². The number of amides is 2. The lowest BCUT2D eigenvalue weighted by Crippen LogP contribution is -2.47. The molecule has 4 rings (SSSR count). The molecule has 0 aliphatic rings. The number of nitrogens with one attached hydrogen (secondary N) is 2. The van der Waals surface area contributed by atoms with E-state index in [9.17, 15) is 23.6 Å². The van der Waals surface area contributed by atoms with Crippen LogP contribution in [0.2, 0.25) is 5.02 Å². The molecule has 12 heteroatoms. The molecule has 2 N–H and O–H groups in total. The highest BCUT2D eigenvalue weighted by molar-refractivity contribution is 6.31. The molecule has 54 heavy (non-hydrogen) atoms. The Bertz CT molecular complexity index is 1940. The fourth-order valence-electron chi connectivity index (χ4n) is 5.34. The van der Waals surface area contributed by atoms with E-state index in [2.05, 4.69) is 15.6 Å². The Morgan fingerprint density at radius 2 is 1.33 bits per heavy atom. The average molecular weight is 758 g/mol. The Labute approximate surface area is 320 Å². The van der Waals surface area contributed by atoms with Crippen LogP contribution in [0.25, 0.3) is 0 Å². The van der Waals surface area contributed by atoms with Gasteiger partial charge >= 0.3 is 18.2 Å². The van der Waals surface area contributed by atoms with Crippen molar-refractivity contribution in [2.75, 3.05) is 0 Å². The zero-order valence-electron chi connectivity index (χ0n) is 31.2. The molecule has 0 aliphatic carbocycles. The zero-order valence-corrected chi connectivity index (χ0v) is 32.0. The van der Waals surface area contributed by atoms with Crippen LogP contribution >= 0.6 is 11.6 Å². The Balaban J connectivity index is 1.40. The summed E-state index contributed by atoms with van der Waals surface area (Å²) in [7, 11) is 0. The van der Waals surface area contributed by atoms with Gasteiger partial charge in [-0.1, -0.05) is 66.2 Å². The van der Waals surface area contributed by atoms with E-state index in [4.69, 9.17) is 25.8 Å². The number of aliphatic imine (C=N–C) groups is 1. The van der Waals surface area contributed by atoms with Crippen molar-refractivity contribution in [3.05, 3.63) is 130 Å². The maximum absolute atomic E-state index is 14.5. The van der Waals surface area contributed by atoms with Crippen molar-refractivity contribution >= 4 is 47.2 Å². The standard InChI is InChI=1S/C42H45ClFN3O7/c1-41(2,3)53-39(50)46-38(47-40(51)54-42(4,5)6)45-32-19-16-29(17-20-32)37(49)52-34-21-18-30(35(43)26-34)25-33(48)24-28(22-27-12-8-7-9-13-27)23-31-14-10-11-15-36(31)44/h7-21,26,28H,22-25H2,1-6H3,(H2,45,46,47,50,51)/t28-/m1/s1. The molecule has 0 fully saturated rings. The lowest BCUT2D eigenvalue weighted by molar-refractivity contribution is -0.119. The Morgan fingerprint density at radius 1 is 0.741 bits per heavy atom. The van der Waals surface area contributed by atoms with Crippen molar-refractivity contribution in [2.24, 2.45) is 10.9 Å². The first-order chi connectivity index (χ1) is 25.4. The number of ether oxygens (including phenoxy) is 3. The zero-order chi connectivity index (χ0) is 39.5. The summed E-state index contributed by atoms with van der Waals surface area (Å²) >= 11 is 6.55. The van der Waals surface area contributed by atoms with E-state index < -0.39 is 29.4 Å². The highest BCUT2D eigenvalue weighted by atomic mass is 35.5. The van der Waals surface area contributed by atoms with E-state index in [0.29, 0.717) is 24.0 Å². The number of Topliss-reactive ketones (excluding diaryl/α,β-unsaturated/α-hetero) is 1. The number of hydrogen-bond acceptors (Lipinski definition) is 8. The van der Waals surface area contributed by atoms with Crippen LogP contribution in [0.4, 0.5) is 19.7 Å². The lowest BCUT2D eigenvalue weighted by atomic mass is 9.87. The van der Waals surface area contributed by atoms with Gasteiger partial charge in [-0.15, -0.1) is 0 Å². The Hall–Kier alpha value is -5.55. The summed E-state index contributed by atoms with van der Waals surface area (Å²) in [5.41, 5.74) is 1.06. The quantitative estimate of drug-likeness (QED) is 0.0675. The maximum Gasteiger partial charge on any atom is 0.414 e. The van der Waals surface area contributed by atoms with Crippen LogP contribution in [-0.2, 0) is 33.5 Å². The van der Waals surface area contributed by atoms with Gasteiger partial charge in [0.2, 0.25) is 5.96 Å². The van der Waals surface area contributed by atoms with Crippen LogP contribution < -0.4 is 15.4 Å². The Kier molecular flexibility index (Phi) is 14.1. The minimum absolute atomic E-state index is 0.0487. The molecule has 2 amide bonds. The predicted octanol–water partition coefficient (Wildman–Crippen LogP) is 9.34. The molecule has 4 aromatic rings. The molecule has 10 nitrogen and oxygen atoms in total. The summed E-state index contributed by atoms with van der Waals surface area (Å²) in [6.45, 7) is 10.1. The minimum Gasteiger partial charge on any atom is -0.444 e. The summed E-state index contributed by atoms with van der Waals surface area (Å²) in [5.74, 6) is -1.22. The first kappa shape index (κ1) is 41.2. The van der Waals surface area contributed by atoms with Gasteiger partial charge in [0.25, 0.3) is 0 Å². The van der Waals surface area contributed by atoms with Crippen molar-refractivity contribution < 1.29 is 37.8 Å². The van der Waals surface area contributed by atoms with Gasteiger partial charge in [0.1, 0.15) is 28.6 Å². The number of rotatable bonds is 11. The second-order valence-corrected chi connectivity index (χ2v) is 15.1. The number of halogens is 2. The average Bonchev–Trinajstić information content (AvgIpc) is 3.06. The number of nitrogens with zero attached hydrogens (tertiary/aromatic N) is 1. The summed E-state index contributed by atoms with van der Waals surface area (Å²) in [5, 5.41) is 5.06. The molecule has 0 radical (unpaired) electrons. The molecule has 0 spiro atoms. The van der Waals surface area contributed by atoms with Crippen LogP contribution in [0.15, 0.2) is 102 Å². The number of esters is 1. The van der Waals surface area contributed by atoms with Crippen molar-refractivity contribution in [3.63, 3.8) is 0 Å². The monoisotopic (exact) mass is 757 g/mol. The molecule has 0 saturated heterocycles. The third-order valence-corrected chi connectivity index (χ3v) is 7.91. The maximum atomic E-state index is 14.5. The van der Waals surface area contributed by atoms with Crippen molar-refractivity contribution in [1.82, 2.24) is 10.6 Å². The SMILES string of the molecule is CC(C)(C)OC(=O)NC(=Nc1ccc(C(=O)Oc2ccc(CC(=O)C[C@H](Cc3ccccc3)Cc3ccccc3F)c(Cl)c2)cc1)NC(=O)OC(C)(C)C. The lowest BCUT2D eigenvalue weighted by Gasteiger charge is -2.22. The van der Waals surface area contributed by atoms with Gasteiger partial charge in [0.05, 0.1) is 11.3 Å². The first-order valence-corrected chi connectivity index (χ1v) is 17.8.